The topological polar surface area (TPSA) is 15.3 Å². The molecule has 1 N–H and O–H groups in total. The van der Waals surface area contributed by atoms with Crippen molar-refractivity contribution < 1.29 is 0 Å². The van der Waals surface area contributed by atoms with E-state index in [0.29, 0.717) is 11.5 Å². The van der Waals surface area contributed by atoms with Crippen LogP contribution in [-0.4, -0.2) is 36.6 Å². The van der Waals surface area contributed by atoms with Crippen LogP contribution < -0.4 is 5.32 Å². The Morgan fingerprint density at radius 1 is 1.16 bits per heavy atom. The minimum atomic E-state index is 0.454. The first-order valence-corrected chi connectivity index (χ1v) is 8.40. The van der Waals surface area contributed by atoms with Gasteiger partial charge in [0.15, 0.2) is 0 Å². The van der Waals surface area contributed by atoms with Crippen LogP contribution in [0.1, 0.15) is 67.2 Å². The number of hydrogen-bond donors (Lipinski definition) is 1. The molecule has 1 fully saturated rings. The van der Waals surface area contributed by atoms with E-state index in [0.717, 1.165) is 18.5 Å². The van der Waals surface area contributed by atoms with E-state index in [-0.39, 0.29) is 0 Å². The summed E-state index contributed by atoms with van der Waals surface area (Å²) >= 11 is 0. The molecule has 1 aliphatic heterocycles. The average Bonchev–Trinajstić information content (AvgIpc) is 2.38. The first kappa shape index (κ1) is 17.0. The molecule has 0 aromatic rings. The maximum atomic E-state index is 3.68. The van der Waals surface area contributed by atoms with E-state index in [2.05, 4.69) is 51.8 Å². The molecule has 1 heterocycles. The lowest BCUT2D eigenvalue weighted by Crippen LogP contribution is -2.50. The third kappa shape index (κ3) is 5.07. The van der Waals surface area contributed by atoms with Crippen molar-refractivity contribution >= 4 is 0 Å². The fourth-order valence-corrected chi connectivity index (χ4v) is 3.23. The summed E-state index contributed by atoms with van der Waals surface area (Å²) in [6, 6.07) is 1.36. The zero-order valence-electron chi connectivity index (χ0n) is 14.1. The number of nitrogens with one attached hydrogen (secondary N) is 1. The van der Waals surface area contributed by atoms with Gasteiger partial charge in [0, 0.05) is 31.7 Å². The Morgan fingerprint density at radius 3 is 2.32 bits per heavy atom. The van der Waals surface area contributed by atoms with Gasteiger partial charge in [-0.25, -0.2) is 0 Å². The fraction of sp³-hybridized carbons (Fsp3) is 1.00. The molecule has 0 bridgehead atoms. The Morgan fingerprint density at radius 2 is 1.79 bits per heavy atom. The average molecular weight is 268 g/mol. The standard InChI is InChI=1S/C17H36N2/c1-7-17(8-2,12-18-14(3)4)13-19-11-15(5)9-10-16(19)6/h14-16,18H,7-13H2,1-6H3. The van der Waals surface area contributed by atoms with Crippen molar-refractivity contribution in [2.45, 2.75) is 79.3 Å². The molecule has 2 heteroatoms. The highest BCUT2D eigenvalue weighted by atomic mass is 15.2. The molecule has 0 radical (unpaired) electrons. The molecule has 1 aliphatic rings. The molecule has 0 aromatic carbocycles. The summed E-state index contributed by atoms with van der Waals surface area (Å²) in [6.45, 7) is 17.8. The first-order valence-electron chi connectivity index (χ1n) is 8.40. The lowest BCUT2D eigenvalue weighted by Gasteiger charge is -2.44. The highest BCUT2D eigenvalue weighted by molar-refractivity contribution is 4.87. The third-order valence-electron chi connectivity index (χ3n) is 5.17. The van der Waals surface area contributed by atoms with Crippen LogP contribution in [-0.2, 0) is 0 Å². The Hall–Kier alpha value is -0.0800. The van der Waals surface area contributed by atoms with E-state index in [1.807, 2.05) is 0 Å². The summed E-state index contributed by atoms with van der Waals surface area (Å²) in [6.07, 6.45) is 5.34. The maximum Gasteiger partial charge on any atom is 0.00673 e. The van der Waals surface area contributed by atoms with E-state index in [4.69, 9.17) is 0 Å². The highest BCUT2D eigenvalue weighted by Gasteiger charge is 2.32. The third-order valence-corrected chi connectivity index (χ3v) is 5.17. The van der Waals surface area contributed by atoms with Crippen molar-refractivity contribution in [3.05, 3.63) is 0 Å². The summed E-state index contributed by atoms with van der Waals surface area (Å²) in [5, 5.41) is 3.68. The Balaban J connectivity index is 2.65. The fourth-order valence-electron chi connectivity index (χ4n) is 3.23. The van der Waals surface area contributed by atoms with Crippen molar-refractivity contribution in [1.29, 1.82) is 0 Å². The second-order valence-corrected chi connectivity index (χ2v) is 7.20. The molecule has 0 aliphatic carbocycles. The first-order chi connectivity index (χ1) is 8.92. The molecule has 0 saturated carbocycles. The van der Waals surface area contributed by atoms with Crippen molar-refractivity contribution in [3.8, 4) is 0 Å². The van der Waals surface area contributed by atoms with Gasteiger partial charge in [0.05, 0.1) is 0 Å². The molecular formula is C17H36N2. The molecule has 0 aromatic heterocycles. The zero-order valence-corrected chi connectivity index (χ0v) is 14.1. The van der Waals surface area contributed by atoms with E-state index < -0.39 is 0 Å². The largest absolute Gasteiger partial charge is 0.314 e. The highest BCUT2D eigenvalue weighted by Crippen LogP contribution is 2.31. The molecule has 1 saturated heterocycles. The molecule has 1 rings (SSSR count). The van der Waals surface area contributed by atoms with Gasteiger partial charge in [0.1, 0.15) is 0 Å². The van der Waals surface area contributed by atoms with Gasteiger partial charge < -0.3 is 5.32 Å². The Bertz CT molecular complexity index is 246. The zero-order chi connectivity index (χ0) is 14.5. The minimum absolute atomic E-state index is 0.454. The van der Waals surface area contributed by atoms with Crippen molar-refractivity contribution in [1.82, 2.24) is 10.2 Å². The number of nitrogens with zero attached hydrogens (tertiary/aromatic N) is 1. The minimum Gasteiger partial charge on any atom is -0.314 e. The Labute approximate surface area is 121 Å². The predicted octanol–water partition coefficient (Wildman–Crippen LogP) is 3.91. The summed E-state index contributed by atoms with van der Waals surface area (Å²) in [5.41, 5.74) is 0.454. The number of piperidine rings is 1. The lowest BCUT2D eigenvalue weighted by atomic mass is 9.80. The van der Waals surface area contributed by atoms with Gasteiger partial charge in [-0.2, -0.15) is 0 Å². The van der Waals surface area contributed by atoms with Crippen molar-refractivity contribution in [2.75, 3.05) is 19.6 Å². The van der Waals surface area contributed by atoms with Crippen LogP contribution in [0.15, 0.2) is 0 Å². The van der Waals surface area contributed by atoms with Crippen LogP contribution in [0.5, 0.6) is 0 Å². The summed E-state index contributed by atoms with van der Waals surface area (Å²) in [7, 11) is 0. The summed E-state index contributed by atoms with van der Waals surface area (Å²) < 4.78 is 0. The van der Waals surface area contributed by atoms with Crippen molar-refractivity contribution in [3.63, 3.8) is 0 Å². The van der Waals surface area contributed by atoms with Crippen LogP contribution in [0.4, 0.5) is 0 Å². The van der Waals surface area contributed by atoms with Gasteiger partial charge >= 0.3 is 0 Å². The second kappa shape index (κ2) is 7.64. The van der Waals surface area contributed by atoms with E-state index >= 15 is 0 Å². The van der Waals surface area contributed by atoms with Crippen LogP contribution in [0.25, 0.3) is 0 Å². The number of likely N-dealkylation sites (tertiary alicyclic amines) is 1. The molecule has 114 valence electrons. The molecule has 2 unspecified atom stereocenters. The Kier molecular flexibility index (Phi) is 6.82. The lowest BCUT2D eigenvalue weighted by molar-refractivity contribution is 0.0596. The van der Waals surface area contributed by atoms with Gasteiger partial charge in [-0.1, -0.05) is 34.6 Å². The van der Waals surface area contributed by atoms with Crippen LogP contribution in [0, 0.1) is 11.3 Å². The molecule has 19 heavy (non-hydrogen) atoms. The van der Waals surface area contributed by atoms with E-state index in [1.54, 1.807) is 0 Å². The quantitative estimate of drug-likeness (QED) is 0.753. The predicted molar refractivity (Wildman–Crippen MR) is 85.6 cm³/mol. The van der Waals surface area contributed by atoms with Gasteiger partial charge in [0.2, 0.25) is 0 Å². The second-order valence-electron chi connectivity index (χ2n) is 7.20. The number of hydrogen-bond acceptors (Lipinski definition) is 2. The monoisotopic (exact) mass is 268 g/mol. The smallest absolute Gasteiger partial charge is 0.00673 e. The molecule has 2 nitrogen and oxygen atoms in total. The van der Waals surface area contributed by atoms with Crippen LogP contribution >= 0.6 is 0 Å². The van der Waals surface area contributed by atoms with Gasteiger partial charge in [0.25, 0.3) is 0 Å². The van der Waals surface area contributed by atoms with Gasteiger partial charge in [-0.05, 0) is 43.9 Å². The summed E-state index contributed by atoms with van der Waals surface area (Å²) in [5.74, 6) is 0.876. The number of rotatable bonds is 7. The molecular weight excluding hydrogens is 232 g/mol. The normalized spacial score (nSPS) is 26.1. The SMILES string of the molecule is CCC(CC)(CNC(C)C)CN1CC(C)CCC1C. The van der Waals surface area contributed by atoms with Gasteiger partial charge in [-0.15, -0.1) is 0 Å². The van der Waals surface area contributed by atoms with Gasteiger partial charge in [-0.3, -0.25) is 4.90 Å². The van der Waals surface area contributed by atoms with E-state index in [1.165, 1.54) is 38.8 Å². The van der Waals surface area contributed by atoms with Crippen LogP contribution in [0.2, 0.25) is 0 Å². The summed E-state index contributed by atoms with van der Waals surface area (Å²) in [4.78, 5) is 2.75. The van der Waals surface area contributed by atoms with Crippen molar-refractivity contribution in [2.24, 2.45) is 11.3 Å². The van der Waals surface area contributed by atoms with E-state index in [9.17, 15) is 0 Å². The van der Waals surface area contributed by atoms with Crippen LogP contribution in [0.3, 0.4) is 0 Å². The molecule has 2 atom stereocenters. The molecule has 0 spiro atoms. The molecule has 0 amide bonds. The maximum absolute atomic E-state index is 3.68.